The largest absolute Gasteiger partial charge is 0.0651 e. The van der Waals surface area contributed by atoms with E-state index in [0.717, 1.165) is 29.6 Å². The van der Waals surface area contributed by atoms with Crippen LogP contribution in [0.25, 0.3) is 0 Å². The number of rotatable bonds is 10. The van der Waals surface area contributed by atoms with E-state index in [4.69, 9.17) is 0 Å². The predicted molar refractivity (Wildman–Crippen MR) is 94.0 cm³/mol. The van der Waals surface area contributed by atoms with Gasteiger partial charge in [-0.2, -0.15) is 0 Å². The first-order valence-electron chi connectivity index (χ1n) is 9.32. The minimum atomic E-state index is 0.527. The first-order valence-corrected chi connectivity index (χ1v) is 9.32. The number of hydrogen-bond acceptors (Lipinski definition) is 0. The van der Waals surface area contributed by atoms with Gasteiger partial charge in [-0.05, 0) is 35.0 Å². The molecule has 0 saturated heterocycles. The van der Waals surface area contributed by atoms with Gasteiger partial charge in [-0.15, -0.1) is 0 Å². The van der Waals surface area contributed by atoms with Gasteiger partial charge in [0, 0.05) is 0 Å². The average Bonchev–Trinajstić information content (AvgIpc) is 2.45. The maximum absolute atomic E-state index is 2.54. The maximum atomic E-state index is 2.54. The van der Waals surface area contributed by atoms with Crippen molar-refractivity contribution in [1.82, 2.24) is 0 Å². The van der Waals surface area contributed by atoms with Crippen LogP contribution in [0.2, 0.25) is 0 Å². The lowest BCUT2D eigenvalue weighted by molar-refractivity contribution is 0.0359. The summed E-state index contributed by atoms with van der Waals surface area (Å²) >= 11 is 0. The molecule has 0 heteroatoms. The van der Waals surface area contributed by atoms with E-state index in [1.165, 1.54) is 32.1 Å². The molecule has 122 valence electrons. The fraction of sp³-hybridized carbons (Fsp3) is 1.00. The van der Waals surface area contributed by atoms with Gasteiger partial charge in [-0.1, -0.05) is 94.4 Å². The summed E-state index contributed by atoms with van der Waals surface area (Å²) in [5.74, 6) is 4.32. The van der Waals surface area contributed by atoms with Crippen LogP contribution in [0.15, 0.2) is 0 Å². The van der Waals surface area contributed by atoms with Crippen molar-refractivity contribution in [2.45, 2.75) is 94.4 Å². The van der Waals surface area contributed by atoms with Gasteiger partial charge in [0.15, 0.2) is 0 Å². The Morgan fingerprint density at radius 1 is 0.700 bits per heavy atom. The van der Waals surface area contributed by atoms with Crippen LogP contribution in [-0.4, -0.2) is 0 Å². The molecule has 0 aliphatic heterocycles. The predicted octanol–water partition coefficient (Wildman–Crippen LogP) is 7.18. The highest BCUT2D eigenvalue weighted by atomic mass is 14.4. The van der Waals surface area contributed by atoms with Crippen LogP contribution in [0.3, 0.4) is 0 Å². The first kappa shape index (κ1) is 20.0. The van der Waals surface area contributed by atoms with Gasteiger partial charge in [0.1, 0.15) is 0 Å². The van der Waals surface area contributed by atoms with Crippen molar-refractivity contribution >= 4 is 0 Å². The zero-order valence-corrected chi connectivity index (χ0v) is 15.9. The summed E-state index contributed by atoms with van der Waals surface area (Å²) in [6, 6.07) is 0. The van der Waals surface area contributed by atoms with Crippen molar-refractivity contribution in [1.29, 1.82) is 0 Å². The van der Waals surface area contributed by atoms with Crippen LogP contribution in [0.5, 0.6) is 0 Å². The molecule has 0 aromatic heterocycles. The standard InChI is InChI=1S/C20H42/c1-10-17(16(8)15(6)7)18(11-2)19(12-3)20(9,13-4)14-5/h15-19H,10-14H2,1-9H3. The molecule has 0 radical (unpaired) electrons. The second-order valence-electron chi connectivity index (χ2n) is 7.62. The molecule has 0 amide bonds. The summed E-state index contributed by atoms with van der Waals surface area (Å²) in [5, 5.41) is 0. The van der Waals surface area contributed by atoms with Gasteiger partial charge in [-0.3, -0.25) is 0 Å². The van der Waals surface area contributed by atoms with Crippen LogP contribution in [0.4, 0.5) is 0 Å². The third kappa shape index (κ3) is 4.50. The Bertz CT molecular complexity index is 236. The molecule has 0 aromatic carbocycles. The van der Waals surface area contributed by atoms with Crippen molar-refractivity contribution in [3.8, 4) is 0 Å². The normalized spacial score (nSPS) is 18.9. The van der Waals surface area contributed by atoms with E-state index in [1.54, 1.807) is 0 Å². The highest BCUT2D eigenvalue weighted by Gasteiger charge is 2.39. The van der Waals surface area contributed by atoms with Crippen LogP contribution in [-0.2, 0) is 0 Å². The Morgan fingerprint density at radius 3 is 1.40 bits per heavy atom. The molecule has 0 heterocycles. The molecule has 20 heavy (non-hydrogen) atoms. The van der Waals surface area contributed by atoms with E-state index in [2.05, 4.69) is 62.3 Å². The zero-order chi connectivity index (χ0) is 15.9. The van der Waals surface area contributed by atoms with E-state index >= 15 is 0 Å². The average molecular weight is 283 g/mol. The molecule has 0 nitrogen and oxygen atoms in total. The molecule has 0 aliphatic carbocycles. The highest BCUT2D eigenvalue weighted by molar-refractivity contribution is 4.88. The van der Waals surface area contributed by atoms with E-state index in [-0.39, 0.29) is 0 Å². The first-order chi connectivity index (χ1) is 9.32. The fourth-order valence-electron chi connectivity index (χ4n) is 4.53. The van der Waals surface area contributed by atoms with Gasteiger partial charge >= 0.3 is 0 Å². The third-order valence-electron chi connectivity index (χ3n) is 6.69. The number of hydrogen-bond donors (Lipinski definition) is 0. The third-order valence-corrected chi connectivity index (χ3v) is 6.69. The lowest BCUT2D eigenvalue weighted by atomic mass is 9.59. The Kier molecular flexibility index (Phi) is 9.11. The molecule has 0 fully saturated rings. The topological polar surface area (TPSA) is 0 Å². The second-order valence-corrected chi connectivity index (χ2v) is 7.62. The minimum Gasteiger partial charge on any atom is -0.0651 e. The fourth-order valence-corrected chi connectivity index (χ4v) is 4.53. The van der Waals surface area contributed by atoms with E-state index in [9.17, 15) is 0 Å². The molecular formula is C20H42. The molecular weight excluding hydrogens is 240 g/mol. The molecule has 0 aromatic rings. The van der Waals surface area contributed by atoms with E-state index in [0.29, 0.717) is 5.41 Å². The lowest BCUT2D eigenvalue weighted by Crippen LogP contribution is -2.38. The molecule has 4 unspecified atom stereocenters. The summed E-state index contributed by atoms with van der Waals surface area (Å²) < 4.78 is 0. The van der Waals surface area contributed by atoms with Gasteiger partial charge in [0.25, 0.3) is 0 Å². The van der Waals surface area contributed by atoms with Crippen molar-refractivity contribution in [3.63, 3.8) is 0 Å². The Hall–Kier alpha value is 0. The molecule has 0 spiro atoms. The molecule has 0 saturated carbocycles. The minimum absolute atomic E-state index is 0.527. The van der Waals surface area contributed by atoms with Gasteiger partial charge in [-0.25, -0.2) is 0 Å². The summed E-state index contributed by atoms with van der Waals surface area (Å²) in [5.41, 5.74) is 0.527. The smallest absolute Gasteiger partial charge is 0.0300 e. The molecule has 0 rings (SSSR count). The Morgan fingerprint density at radius 2 is 1.15 bits per heavy atom. The molecule has 0 bridgehead atoms. The molecule has 4 atom stereocenters. The highest BCUT2D eigenvalue weighted by Crippen LogP contribution is 2.47. The van der Waals surface area contributed by atoms with Gasteiger partial charge in [0.05, 0.1) is 0 Å². The second kappa shape index (κ2) is 9.11. The van der Waals surface area contributed by atoms with Crippen molar-refractivity contribution in [3.05, 3.63) is 0 Å². The lowest BCUT2D eigenvalue weighted by Gasteiger charge is -2.46. The zero-order valence-electron chi connectivity index (χ0n) is 15.9. The van der Waals surface area contributed by atoms with Crippen LogP contribution >= 0.6 is 0 Å². The molecule has 0 N–H and O–H groups in total. The Balaban J connectivity index is 5.37. The SMILES string of the molecule is CCC(C(C)C(C)C)C(CC)C(CC)C(C)(CC)CC. The van der Waals surface area contributed by atoms with Crippen molar-refractivity contribution < 1.29 is 0 Å². The summed E-state index contributed by atoms with van der Waals surface area (Å²) in [7, 11) is 0. The van der Waals surface area contributed by atoms with Gasteiger partial charge < -0.3 is 0 Å². The van der Waals surface area contributed by atoms with Gasteiger partial charge in [0.2, 0.25) is 0 Å². The summed E-state index contributed by atoms with van der Waals surface area (Å²) in [6.07, 6.45) is 6.69. The maximum Gasteiger partial charge on any atom is -0.0300 e. The quantitative estimate of drug-likeness (QED) is 0.398. The van der Waals surface area contributed by atoms with Crippen LogP contribution < -0.4 is 0 Å². The molecule has 0 aliphatic rings. The van der Waals surface area contributed by atoms with Crippen molar-refractivity contribution in [2.75, 3.05) is 0 Å². The monoisotopic (exact) mass is 282 g/mol. The van der Waals surface area contributed by atoms with Crippen molar-refractivity contribution in [2.24, 2.45) is 35.0 Å². The van der Waals surface area contributed by atoms with E-state index in [1.807, 2.05) is 0 Å². The summed E-state index contributed by atoms with van der Waals surface area (Å²) in [6.45, 7) is 21.9. The van der Waals surface area contributed by atoms with E-state index < -0.39 is 0 Å². The van der Waals surface area contributed by atoms with Crippen LogP contribution in [0.1, 0.15) is 94.4 Å². The van der Waals surface area contributed by atoms with Crippen LogP contribution in [0, 0.1) is 35.0 Å². The Labute approximate surface area is 130 Å². The summed E-state index contributed by atoms with van der Waals surface area (Å²) in [4.78, 5) is 0.